The predicted molar refractivity (Wildman–Crippen MR) is 76.4 cm³/mol. The second-order valence-electron chi connectivity index (χ2n) is 4.93. The standard InChI is InChI=1S/C15H20O7/c1-5-11(16)20-9-7-8-13(18)22-14(19)15(3,4)10-21-12(17)6-2/h5-6H,1-2,7-10H2,3-4H3. The van der Waals surface area contributed by atoms with E-state index in [1.807, 2.05) is 0 Å². The summed E-state index contributed by atoms with van der Waals surface area (Å²) in [6.45, 7) is 9.19. The van der Waals surface area contributed by atoms with E-state index >= 15 is 0 Å². The highest BCUT2D eigenvalue weighted by molar-refractivity contribution is 5.89. The van der Waals surface area contributed by atoms with Gasteiger partial charge < -0.3 is 14.2 Å². The van der Waals surface area contributed by atoms with Gasteiger partial charge in [0.05, 0.1) is 12.0 Å². The molecule has 0 aliphatic heterocycles. The fourth-order valence-corrected chi connectivity index (χ4v) is 1.11. The van der Waals surface area contributed by atoms with E-state index in [4.69, 9.17) is 4.74 Å². The molecule has 0 aromatic carbocycles. The van der Waals surface area contributed by atoms with Gasteiger partial charge in [-0.3, -0.25) is 9.59 Å². The van der Waals surface area contributed by atoms with E-state index in [2.05, 4.69) is 22.6 Å². The van der Waals surface area contributed by atoms with Crippen LogP contribution in [0, 0.1) is 5.41 Å². The predicted octanol–water partition coefficient (Wildman–Crippen LogP) is 1.32. The molecule has 0 atom stereocenters. The van der Waals surface area contributed by atoms with Crippen LogP contribution in [0.15, 0.2) is 25.3 Å². The molecule has 0 saturated carbocycles. The maximum absolute atomic E-state index is 11.8. The number of ether oxygens (including phenoxy) is 3. The fourth-order valence-electron chi connectivity index (χ4n) is 1.11. The molecule has 0 amide bonds. The minimum atomic E-state index is -1.16. The van der Waals surface area contributed by atoms with Gasteiger partial charge in [-0.15, -0.1) is 0 Å². The van der Waals surface area contributed by atoms with Gasteiger partial charge in [-0.1, -0.05) is 13.2 Å². The molecule has 0 aromatic rings. The van der Waals surface area contributed by atoms with Crippen LogP contribution in [0.1, 0.15) is 26.7 Å². The third-order valence-corrected chi connectivity index (χ3v) is 2.44. The number of hydrogen-bond donors (Lipinski definition) is 0. The Balaban J connectivity index is 4.14. The zero-order valence-corrected chi connectivity index (χ0v) is 12.8. The third kappa shape index (κ3) is 7.98. The van der Waals surface area contributed by atoms with E-state index in [0.29, 0.717) is 0 Å². The zero-order valence-electron chi connectivity index (χ0n) is 12.8. The van der Waals surface area contributed by atoms with Crippen molar-refractivity contribution >= 4 is 23.9 Å². The van der Waals surface area contributed by atoms with Crippen molar-refractivity contribution < 1.29 is 33.4 Å². The summed E-state index contributed by atoms with van der Waals surface area (Å²) < 4.78 is 14.1. The molecule has 0 radical (unpaired) electrons. The van der Waals surface area contributed by atoms with Crippen molar-refractivity contribution in [1.29, 1.82) is 0 Å². The van der Waals surface area contributed by atoms with Gasteiger partial charge in [0, 0.05) is 18.6 Å². The largest absolute Gasteiger partial charge is 0.463 e. The van der Waals surface area contributed by atoms with Gasteiger partial charge in [0.15, 0.2) is 0 Å². The number of esters is 4. The van der Waals surface area contributed by atoms with E-state index in [1.54, 1.807) is 0 Å². The van der Waals surface area contributed by atoms with Crippen LogP contribution in [-0.2, 0) is 33.4 Å². The second kappa shape index (κ2) is 9.49. The normalized spacial score (nSPS) is 10.3. The lowest BCUT2D eigenvalue weighted by atomic mass is 9.95. The molecule has 7 heteroatoms. The first-order valence-corrected chi connectivity index (χ1v) is 6.56. The van der Waals surface area contributed by atoms with E-state index < -0.39 is 29.3 Å². The lowest BCUT2D eigenvalue weighted by Crippen LogP contribution is -2.34. The molecule has 0 bridgehead atoms. The molecule has 22 heavy (non-hydrogen) atoms. The molecule has 0 N–H and O–H groups in total. The maximum Gasteiger partial charge on any atom is 0.330 e. The molecule has 7 nitrogen and oxygen atoms in total. The van der Waals surface area contributed by atoms with E-state index in [-0.39, 0.29) is 26.1 Å². The van der Waals surface area contributed by atoms with Crippen molar-refractivity contribution in [3.8, 4) is 0 Å². The summed E-state index contributed by atoms with van der Waals surface area (Å²) in [5.74, 6) is -2.81. The Hall–Kier alpha value is -2.44. The number of carbonyl (C=O) groups is 4. The first-order valence-electron chi connectivity index (χ1n) is 6.56. The van der Waals surface area contributed by atoms with Gasteiger partial charge in [0.25, 0.3) is 0 Å². The summed E-state index contributed by atoms with van der Waals surface area (Å²) in [6, 6.07) is 0. The Morgan fingerprint density at radius 3 is 2.09 bits per heavy atom. The van der Waals surface area contributed by atoms with Gasteiger partial charge in [-0.2, -0.15) is 0 Å². The van der Waals surface area contributed by atoms with Crippen LogP contribution in [0.5, 0.6) is 0 Å². The number of rotatable bonds is 9. The van der Waals surface area contributed by atoms with Crippen LogP contribution in [-0.4, -0.2) is 37.1 Å². The summed E-state index contributed by atoms with van der Waals surface area (Å²) in [5.41, 5.74) is -1.16. The SMILES string of the molecule is C=CC(=O)OCCCC(=O)OC(=O)C(C)(C)COC(=O)C=C. The van der Waals surface area contributed by atoms with E-state index in [0.717, 1.165) is 12.2 Å². The molecule has 0 aliphatic carbocycles. The molecule has 0 saturated heterocycles. The van der Waals surface area contributed by atoms with Crippen LogP contribution in [0.2, 0.25) is 0 Å². The first-order chi connectivity index (χ1) is 10.2. The molecule has 0 heterocycles. The minimum Gasteiger partial charge on any atom is -0.463 e. The molecule has 0 unspecified atom stereocenters. The molecule has 0 aromatic heterocycles. The third-order valence-electron chi connectivity index (χ3n) is 2.44. The molecular formula is C15H20O7. The Kier molecular flexibility index (Phi) is 8.44. The summed E-state index contributed by atoms with van der Waals surface area (Å²) in [5, 5.41) is 0. The van der Waals surface area contributed by atoms with Crippen LogP contribution >= 0.6 is 0 Å². The van der Waals surface area contributed by atoms with E-state index in [1.165, 1.54) is 13.8 Å². The molecule has 122 valence electrons. The Morgan fingerprint density at radius 1 is 1.00 bits per heavy atom. The smallest absolute Gasteiger partial charge is 0.330 e. The van der Waals surface area contributed by atoms with Crippen molar-refractivity contribution in [3.05, 3.63) is 25.3 Å². The minimum absolute atomic E-state index is 0.0223. The zero-order chi connectivity index (χ0) is 17.2. The average Bonchev–Trinajstić information content (AvgIpc) is 2.48. The van der Waals surface area contributed by atoms with E-state index in [9.17, 15) is 19.2 Å². The van der Waals surface area contributed by atoms with Crippen LogP contribution in [0.25, 0.3) is 0 Å². The highest BCUT2D eigenvalue weighted by Gasteiger charge is 2.32. The summed E-state index contributed by atoms with van der Waals surface area (Å²) >= 11 is 0. The summed E-state index contributed by atoms with van der Waals surface area (Å²) in [7, 11) is 0. The molecule has 0 spiro atoms. The lowest BCUT2D eigenvalue weighted by molar-refractivity contribution is -0.169. The topological polar surface area (TPSA) is 96.0 Å². The average molecular weight is 312 g/mol. The summed E-state index contributed by atoms with van der Waals surface area (Å²) in [6.07, 6.45) is 2.11. The molecule has 0 rings (SSSR count). The van der Waals surface area contributed by atoms with Crippen LogP contribution in [0.4, 0.5) is 0 Å². The van der Waals surface area contributed by atoms with Crippen molar-refractivity contribution in [1.82, 2.24) is 0 Å². The Labute approximate surface area is 128 Å². The monoisotopic (exact) mass is 312 g/mol. The van der Waals surface area contributed by atoms with Crippen LogP contribution < -0.4 is 0 Å². The summed E-state index contributed by atoms with van der Waals surface area (Å²) in [4.78, 5) is 45.0. The van der Waals surface area contributed by atoms with Gasteiger partial charge >= 0.3 is 23.9 Å². The van der Waals surface area contributed by atoms with Gasteiger partial charge in [0.1, 0.15) is 6.61 Å². The van der Waals surface area contributed by atoms with Crippen molar-refractivity contribution in [2.24, 2.45) is 5.41 Å². The van der Waals surface area contributed by atoms with Gasteiger partial charge in [-0.25, -0.2) is 9.59 Å². The maximum atomic E-state index is 11.8. The Morgan fingerprint density at radius 2 is 1.55 bits per heavy atom. The van der Waals surface area contributed by atoms with Crippen molar-refractivity contribution in [2.75, 3.05) is 13.2 Å². The lowest BCUT2D eigenvalue weighted by Gasteiger charge is -2.20. The molecular weight excluding hydrogens is 292 g/mol. The quantitative estimate of drug-likeness (QED) is 0.208. The molecule has 0 fully saturated rings. The van der Waals surface area contributed by atoms with Gasteiger partial charge in [-0.05, 0) is 20.3 Å². The molecule has 0 aliphatic rings. The van der Waals surface area contributed by atoms with Crippen LogP contribution in [0.3, 0.4) is 0 Å². The number of hydrogen-bond acceptors (Lipinski definition) is 7. The number of carbonyl (C=O) groups excluding carboxylic acids is 4. The van der Waals surface area contributed by atoms with Crippen molar-refractivity contribution in [3.63, 3.8) is 0 Å². The highest BCUT2D eigenvalue weighted by atomic mass is 16.6. The van der Waals surface area contributed by atoms with Gasteiger partial charge in [0.2, 0.25) is 0 Å². The second-order valence-corrected chi connectivity index (χ2v) is 4.93. The first kappa shape index (κ1) is 19.6. The van der Waals surface area contributed by atoms with Crippen molar-refractivity contribution in [2.45, 2.75) is 26.7 Å². The fraction of sp³-hybridized carbons (Fsp3) is 0.467. The Bertz CT molecular complexity index is 463. The highest BCUT2D eigenvalue weighted by Crippen LogP contribution is 2.18.